The van der Waals surface area contributed by atoms with E-state index in [0.717, 1.165) is 26.2 Å². The lowest BCUT2D eigenvalue weighted by molar-refractivity contribution is 0.0343. The molecular formula is C15H24N2O. The standard InChI is InChI=1S/C15H24N2O/c1-4-16-9-14-7-5-6-8-15(14)17-10-13(3)18-11-12(17)2/h5-8,12-13,16H,4,9-11H2,1-3H3. The topological polar surface area (TPSA) is 24.5 Å². The molecule has 3 heteroatoms. The van der Waals surface area contributed by atoms with Crippen molar-refractivity contribution in [2.75, 3.05) is 24.6 Å². The first-order valence-electron chi connectivity index (χ1n) is 6.89. The van der Waals surface area contributed by atoms with Gasteiger partial charge in [0.1, 0.15) is 0 Å². The molecule has 1 N–H and O–H groups in total. The van der Waals surface area contributed by atoms with Gasteiger partial charge >= 0.3 is 0 Å². The number of ether oxygens (including phenoxy) is 1. The maximum atomic E-state index is 5.71. The number of nitrogens with zero attached hydrogens (tertiary/aromatic N) is 1. The number of hydrogen-bond donors (Lipinski definition) is 1. The van der Waals surface area contributed by atoms with E-state index >= 15 is 0 Å². The minimum Gasteiger partial charge on any atom is -0.375 e. The predicted octanol–water partition coefficient (Wildman–Crippen LogP) is 2.41. The number of morpholine rings is 1. The Morgan fingerprint density at radius 2 is 2.11 bits per heavy atom. The van der Waals surface area contributed by atoms with Crippen LogP contribution < -0.4 is 10.2 Å². The first-order valence-corrected chi connectivity index (χ1v) is 6.89. The molecule has 0 radical (unpaired) electrons. The number of hydrogen-bond acceptors (Lipinski definition) is 3. The molecule has 2 unspecified atom stereocenters. The summed E-state index contributed by atoms with van der Waals surface area (Å²) in [5.41, 5.74) is 2.72. The van der Waals surface area contributed by atoms with Crippen LogP contribution in [0.25, 0.3) is 0 Å². The average molecular weight is 248 g/mol. The summed E-state index contributed by atoms with van der Waals surface area (Å²) in [5, 5.41) is 3.41. The van der Waals surface area contributed by atoms with Crippen LogP contribution >= 0.6 is 0 Å². The van der Waals surface area contributed by atoms with Crippen LogP contribution in [0, 0.1) is 0 Å². The lowest BCUT2D eigenvalue weighted by Gasteiger charge is -2.39. The third-order valence-electron chi connectivity index (χ3n) is 3.47. The molecule has 1 aromatic rings. The van der Waals surface area contributed by atoms with E-state index in [0.29, 0.717) is 12.1 Å². The van der Waals surface area contributed by atoms with Crippen molar-refractivity contribution in [2.24, 2.45) is 0 Å². The van der Waals surface area contributed by atoms with Crippen LogP contribution in [0.5, 0.6) is 0 Å². The maximum Gasteiger partial charge on any atom is 0.0723 e. The normalized spacial score (nSPS) is 24.3. The lowest BCUT2D eigenvalue weighted by atomic mass is 10.1. The van der Waals surface area contributed by atoms with E-state index in [2.05, 4.69) is 55.3 Å². The molecule has 0 saturated carbocycles. The molecule has 0 aliphatic carbocycles. The number of nitrogens with one attached hydrogen (secondary N) is 1. The Balaban J connectivity index is 2.19. The number of rotatable bonds is 4. The fraction of sp³-hybridized carbons (Fsp3) is 0.600. The zero-order valence-corrected chi connectivity index (χ0v) is 11.6. The number of benzene rings is 1. The Morgan fingerprint density at radius 3 is 2.89 bits per heavy atom. The van der Waals surface area contributed by atoms with E-state index in [4.69, 9.17) is 4.74 Å². The highest BCUT2D eigenvalue weighted by molar-refractivity contribution is 5.54. The second-order valence-electron chi connectivity index (χ2n) is 5.05. The highest BCUT2D eigenvalue weighted by Gasteiger charge is 2.24. The molecule has 1 heterocycles. The molecule has 0 bridgehead atoms. The highest BCUT2D eigenvalue weighted by atomic mass is 16.5. The zero-order valence-electron chi connectivity index (χ0n) is 11.6. The third-order valence-corrected chi connectivity index (χ3v) is 3.47. The molecule has 1 aliphatic heterocycles. The third kappa shape index (κ3) is 3.03. The number of para-hydroxylation sites is 1. The van der Waals surface area contributed by atoms with Gasteiger partial charge in [0.25, 0.3) is 0 Å². The summed E-state index contributed by atoms with van der Waals surface area (Å²) in [6.45, 7) is 10.2. The van der Waals surface area contributed by atoms with Crippen LogP contribution in [-0.4, -0.2) is 31.8 Å². The van der Waals surface area contributed by atoms with Crippen LogP contribution in [0.15, 0.2) is 24.3 Å². The Morgan fingerprint density at radius 1 is 1.33 bits per heavy atom. The molecule has 18 heavy (non-hydrogen) atoms. The van der Waals surface area contributed by atoms with Gasteiger partial charge < -0.3 is 15.0 Å². The molecule has 0 amide bonds. The van der Waals surface area contributed by atoms with Crippen LogP contribution in [0.3, 0.4) is 0 Å². The Labute approximate surface area is 110 Å². The molecule has 2 atom stereocenters. The van der Waals surface area contributed by atoms with E-state index in [1.807, 2.05) is 0 Å². The highest BCUT2D eigenvalue weighted by Crippen LogP contribution is 2.25. The summed E-state index contributed by atoms with van der Waals surface area (Å²) in [5.74, 6) is 0. The molecule has 1 aliphatic rings. The van der Waals surface area contributed by atoms with Gasteiger partial charge in [-0.2, -0.15) is 0 Å². The van der Waals surface area contributed by atoms with Gasteiger partial charge in [-0.1, -0.05) is 25.1 Å². The smallest absolute Gasteiger partial charge is 0.0723 e. The molecule has 100 valence electrons. The summed E-state index contributed by atoms with van der Waals surface area (Å²) >= 11 is 0. The van der Waals surface area contributed by atoms with Crippen molar-refractivity contribution in [3.63, 3.8) is 0 Å². The van der Waals surface area contributed by atoms with Crippen molar-refractivity contribution in [3.05, 3.63) is 29.8 Å². The van der Waals surface area contributed by atoms with Gasteiger partial charge in [0, 0.05) is 24.8 Å². The quantitative estimate of drug-likeness (QED) is 0.885. The summed E-state index contributed by atoms with van der Waals surface area (Å²) < 4.78 is 5.71. The fourth-order valence-electron chi connectivity index (χ4n) is 2.44. The summed E-state index contributed by atoms with van der Waals surface area (Å²) in [4.78, 5) is 2.47. The Hall–Kier alpha value is -1.06. The molecule has 1 saturated heterocycles. The molecule has 0 spiro atoms. The summed E-state index contributed by atoms with van der Waals surface area (Å²) in [6, 6.07) is 9.12. The van der Waals surface area contributed by atoms with E-state index in [9.17, 15) is 0 Å². The van der Waals surface area contributed by atoms with Gasteiger partial charge in [-0.3, -0.25) is 0 Å². The summed E-state index contributed by atoms with van der Waals surface area (Å²) in [7, 11) is 0. The minimum atomic E-state index is 0.313. The number of anilines is 1. The Bertz CT molecular complexity index is 381. The van der Waals surface area contributed by atoms with Gasteiger partial charge in [0.05, 0.1) is 12.7 Å². The largest absolute Gasteiger partial charge is 0.375 e. The van der Waals surface area contributed by atoms with Crippen LogP contribution in [0.1, 0.15) is 26.3 Å². The van der Waals surface area contributed by atoms with Gasteiger partial charge in [-0.15, -0.1) is 0 Å². The first kappa shape index (κ1) is 13.4. The first-order chi connectivity index (χ1) is 8.72. The summed E-state index contributed by atoms with van der Waals surface area (Å²) in [6.07, 6.45) is 0.313. The van der Waals surface area contributed by atoms with Gasteiger partial charge in [0.2, 0.25) is 0 Å². The zero-order chi connectivity index (χ0) is 13.0. The van der Waals surface area contributed by atoms with Crippen molar-refractivity contribution in [2.45, 2.75) is 39.5 Å². The van der Waals surface area contributed by atoms with Gasteiger partial charge in [0.15, 0.2) is 0 Å². The molecule has 0 aromatic heterocycles. The van der Waals surface area contributed by atoms with E-state index in [-0.39, 0.29) is 0 Å². The van der Waals surface area contributed by atoms with Crippen molar-refractivity contribution in [1.82, 2.24) is 5.32 Å². The monoisotopic (exact) mass is 248 g/mol. The van der Waals surface area contributed by atoms with Crippen molar-refractivity contribution in [1.29, 1.82) is 0 Å². The molecule has 1 fully saturated rings. The SMILES string of the molecule is CCNCc1ccccc1N1CC(C)OCC1C. The maximum absolute atomic E-state index is 5.71. The van der Waals surface area contributed by atoms with Gasteiger partial charge in [-0.05, 0) is 32.0 Å². The van der Waals surface area contributed by atoms with Crippen LogP contribution in [-0.2, 0) is 11.3 Å². The van der Waals surface area contributed by atoms with Crippen molar-refractivity contribution in [3.8, 4) is 0 Å². The van der Waals surface area contributed by atoms with Crippen LogP contribution in [0.4, 0.5) is 5.69 Å². The Kier molecular flexibility index (Phi) is 4.61. The molecule has 1 aromatic carbocycles. The second-order valence-corrected chi connectivity index (χ2v) is 5.05. The van der Waals surface area contributed by atoms with E-state index in [1.54, 1.807) is 0 Å². The average Bonchev–Trinajstić information content (AvgIpc) is 2.39. The van der Waals surface area contributed by atoms with Crippen molar-refractivity contribution < 1.29 is 4.74 Å². The predicted molar refractivity (Wildman–Crippen MR) is 76.0 cm³/mol. The van der Waals surface area contributed by atoms with Crippen molar-refractivity contribution >= 4 is 5.69 Å². The molecule has 2 rings (SSSR count). The lowest BCUT2D eigenvalue weighted by Crippen LogP contribution is -2.47. The molecular weight excluding hydrogens is 224 g/mol. The molecule has 3 nitrogen and oxygen atoms in total. The minimum absolute atomic E-state index is 0.313. The fourth-order valence-corrected chi connectivity index (χ4v) is 2.44. The van der Waals surface area contributed by atoms with Crippen LogP contribution in [0.2, 0.25) is 0 Å². The second kappa shape index (κ2) is 6.21. The van der Waals surface area contributed by atoms with Gasteiger partial charge in [-0.25, -0.2) is 0 Å². The van der Waals surface area contributed by atoms with E-state index in [1.165, 1.54) is 11.3 Å². The van der Waals surface area contributed by atoms with E-state index < -0.39 is 0 Å².